The van der Waals surface area contributed by atoms with Crippen molar-refractivity contribution in [2.24, 2.45) is 13.0 Å². The van der Waals surface area contributed by atoms with Crippen LogP contribution < -0.4 is 4.90 Å². The predicted octanol–water partition coefficient (Wildman–Crippen LogP) is 4.23. The molecule has 47 heavy (non-hydrogen) atoms. The molecule has 3 aliphatic rings. The fourth-order valence-electron chi connectivity index (χ4n) is 7.90. The Kier molecular flexibility index (Phi) is 7.78. The van der Waals surface area contributed by atoms with Crippen molar-refractivity contribution in [3.05, 3.63) is 66.0 Å². The zero-order valence-corrected chi connectivity index (χ0v) is 28.0. The third-order valence-corrected chi connectivity index (χ3v) is 11.4. The monoisotopic (exact) mass is 655 g/mol. The average molecular weight is 656 g/mol. The van der Waals surface area contributed by atoms with E-state index in [2.05, 4.69) is 55.0 Å². The van der Waals surface area contributed by atoms with Crippen LogP contribution in [0.2, 0.25) is 0 Å². The summed E-state index contributed by atoms with van der Waals surface area (Å²) in [5.41, 5.74) is 7.19. The van der Waals surface area contributed by atoms with E-state index in [-0.39, 0.29) is 12.0 Å². The van der Waals surface area contributed by atoms with Crippen molar-refractivity contribution in [2.45, 2.75) is 36.7 Å². The van der Waals surface area contributed by atoms with Crippen molar-refractivity contribution in [1.82, 2.24) is 29.4 Å². The van der Waals surface area contributed by atoms with Gasteiger partial charge >= 0.3 is 0 Å². The van der Waals surface area contributed by atoms with Crippen molar-refractivity contribution < 1.29 is 17.9 Å². The summed E-state index contributed by atoms with van der Waals surface area (Å²) in [5, 5.41) is 9.47. The van der Waals surface area contributed by atoms with E-state index in [0.717, 1.165) is 102 Å². The van der Waals surface area contributed by atoms with Crippen LogP contribution >= 0.6 is 0 Å². The van der Waals surface area contributed by atoms with Crippen LogP contribution in [0.3, 0.4) is 0 Å². The summed E-state index contributed by atoms with van der Waals surface area (Å²) >= 11 is 0. The number of hydrogen-bond acceptors (Lipinski definition) is 9. The lowest BCUT2D eigenvalue weighted by molar-refractivity contribution is -0.0660. The lowest BCUT2D eigenvalue weighted by atomic mass is 9.86. The first-order valence-corrected chi connectivity index (χ1v) is 18.4. The second-order valence-corrected chi connectivity index (χ2v) is 15.2. The number of sulfone groups is 1. The van der Waals surface area contributed by atoms with Gasteiger partial charge in [0.1, 0.15) is 0 Å². The first-order chi connectivity index (χ1) is 22.8. The summed E-state index contributed by atoms with van der Waals surface area (Å²) in [6.45, 7) is 8.45. The van der Waals surface area contributed by atoms with E-state index >= 15 is 0 Å². The second-order valence-electron chi connectivity index (χ2n) is 13.2. The number of hydrogen-bond donors (Lipinski definition) is 0. The molecule has 0 radical (unpaired) electrons. The quantitative estimate of drug-likeness (QED) is 0.255. The van der Waals surface area contributed by atoms with Gasteiger partial charge in [-0.3, -0.25) is 9.88 Å². The number of aryl methyl sites for hydroxylation is 2. The molecular formula is C35H41N7O4S. The van der Waals surface area contributed by atoms with E-state index in [9.17, 15) is 8.42 Å². The van der Waals surface area contributed by atoms with E-state index in [1.165, 1.54) is 6.26 Å². The number of benzene rings is 2. The minimum absolute atomic E-state index is 0.130. The van der Waals surface area contributed by atoms with E-state index in [1.807, 2.05) is 38.4 Å². The molecule has 1 atom stereocenters. The maximum atomic E-state index is 13.7. The van der Waals surface area contributed by atoms with E-state index in [1.54, 1.807) is 4.68 Å². The van der Waals surface area contributed by atoms with Crippen LogP contribution in [-0.4, -0.2) is 103 Å². The number of anilines is 1. The van der Waals surface area contributed by atoms with E-state index in [4.69, 9.17) is 14.5 Å². The third-order valence-electron chi connectivity index (χ3n) is 10.3. The highest BCUT2D eigenvalue weighted by molar-refractivity contribution is 7.91. The lowest BCUT2D eigenvalue weighted by Gasteiger charge is -2.43. The summed E-state index contributed by atoms with van der Waals surface area (Å²) in [6, 6.07) is 16.8. The molecule has 0 saturated carbocycles. The highest BCUT2D eigenvalue weighted by Gasteiger charge is 2.35. The van der Waals surface area contributed by atoms with Gasteiger partial charge < -0.3 is 18.9 Å². The van der Waals surface area contributed by atoms with Crippen LogP contribution in [0.5, 0.6) is 0 Å². The highest BCUT2D eigenvalue weighted by atomic mass is 32.2. The van der Waals surface area contributed by atoms with Gasteiger partial charge in [0.2, 0.25) is 0 Å². The molecule has 0 bridgehead atoms. The smallest absolute Gasteiger partial charge is 0.177 e. The standard InChI is InChI=1S/C35H41N7O4S/c1-23-33(39(2)38-37-23)26-19-29-32(36-20-26)31-28(41-15-13-40(14-16-41)27-21-46-22-27)9-10-30(47(3,43)44)35(31)42(29)34(24-7-5-4-6-8-24)25-11-17-45-18-12-25/h4-10,19-20,25,27,34H,11-18,21-22H2,1-3H3/t34-/m1/s1. The molecule has 12 heteroatoms. The molecule has 5 aromatic rings. The van der Waals surface area contributed by atoms with Crippen molar-refractivity contribution in [3.8, 4) is 11.3 Å². The molecule has 0 unspecified atom stereocenters. The normalized spacial score (nSPS) is 19.4. The Morgan fingerprint density at radius 1 is 0.957 bits per heavy atom. The number of rotatable bonds is 7. The number of nitrogens with zero attached hydrogens (tertiary/aromatic N) is 7. The van der Waals surface area contributed by atoms with Gasteiger partial charge in [-0.05, 0) is 49.4 Å². The largest absolute Gasteiger partial charge is 0.381 e. The molecular weight excluding hydrogens is 614 g/mol. The van der Waals surface area contributed by atoms with Crippen LogP contribution in [-0.2, 0) is 26.4 Å². The molecule has 0 amide bonds. The van der Waals surface area contributed by atoms with Crippen molar-refractivity contribution in [2.75, 3.05) is 63.8 Å². The molecule has 0 aliphatic carbocycles. The number of aromatic nitrogens is 5. The van der Waals surface area contributed by atoms with Gasteiger partial charge in [-0.2, -0.15) is 0 Å². The van der Waals surface area contributed by atoms with Gasteiger partial charge in [-0.1, -0.05) is 35.5 Å². The SMILES string of the molecule is Cc1nnn(C)c1-c1cnc2c3c(N4CCN(C5COC5)CC4)ccc(S(C)(=O)=O)c3n([C@H](c3ccccc3)C3CCOCC3)c2c1. The number of piperazine rings is 1. The van der Waals surface area contributed by atoms with Crippen molar-refractivity contribution in [3.63, 3.8) is 0 Å². The topological polar surface area (TPSA) is 108 Å². The molecule has 11 nitrogen and oxygen atoms in total. The van der Waals surface area contributed by atoms with Crippen molar-refractivity contribution >= 4 is 37.5 Å². The Bertz CT molecular complexity index is 2020. The van der Waals surface area contributed by atoms with Gasteiger partial charge in [0.15, 0.2) is 9.84 Å². The fraction of sp³-hybridized carbons (Fsp3) is 0.457. The molecule has 0 N–H and O–H groups in total. The van der Waals surface area contributed by atoms with Crippen LogP contribution in [0.4, 0.5) is 5.69 Å². The molecule has 2 aromatic carbocycles. The summed E-state index contributed by atoms with van der Waals surface area (Å²) in [6.07, 6.45) is 4.95. The van der Waals surface area contributed by atoms with Gasteiger partial charge in [0.25, 0.3) is 0 Å². The summed E-state index contributed by atoms with van der Waals surface area (Å²) in [4.78, 5) is 10.4. The minimum atomic E-state index is -3.61. The van der Waals surface area contributed by atoms with Crippen LogP contribution in [0.15, 0.2) is 59.6 Å². The summed E-state index contributed by atoms with van der Waals surface area (Å²) in [7, 11) is -1.73. The first kappa shape index (κ1) is 30.5. The number of fused-ring (bicyclic) bond motifs is 3. The Balaban J connectivity index is 1.42. The molecule has 3 aliphatic heterocycles. The molecule has 8 rings (SSSR count). The highest BCUT2D eigenvalue weighted by Crippen LogP contribution is 2.46. The van der Waals surface area contributed by atoms with E-state index in [0.29, 0.717) is 24.2 Å². The second kappa shape index (κ2) is 12.0. The zero-order chi connectivity index (χ0) is 32.3. The van der Waals surface area contributed by atoms with Crippen molar-refractivity contribution in [1.29, 1.82) is 0 Å². The Morgan fingerprint density at radius 2 is 1.70 bits per heavy atom. The molecule has 3 fully saturated rings. The minimum Gasteiger partial charge on any atom is -0.381 e. The Morgan fingerprint density at radius 3 is 2.34 bits per heavy atom. The van der Waals surface area contributed by atoms with Crippen LogP contribution in [0.1, 0.15) is 30.1 Å². The first-order valence-electron chi connectivity index (χ1n) is 16.5. The number of pyridine rings is 1. The maximum absolute atomic E-state index is 13.7. The summed E-state index contributed by atoms with van der Waals surface area (Å²) < 4.78 is 42.8. The third kappa shape index (κ3) is 5.31. The van der Waals surface area contributed by atoms with Crippen LogP contribution in [0.25, 0.3) is 33.2 Å². The molecule has 0 spiro atoms. The number of ether oxygens (including phenoxy) is 2. The molecule has 3 saturated heterocycles. The van der Waals surface area contributed by atoms with Crippen LogP contribution in [0, 0.1) is 12.8 Å². The Hall–Kier alpha value is -3.84. The molecule has 3 aromatic heterocycles. The lowest BCUT2D eigenvalue weighted by Crippen LogP contribution is -2.56. The van der Waals surface area contributed by atoms with Gasteiger partial charge in [0.05, 0.1) is 63.5 Å². The molecule has 6 heterocycles. The van der Waals surface area contributed by atoms with E-state index < -0.39 is 9.84 Å². The summed E-state index contributed by atoms with van der Waals surface area (Å²) in [5.74, 6) is 0.234. The fourth-order valence-corrected chi connectivity index (χ4v) is 8.76. The van der Waals surface area contributed by atoms with Gasteiger partial charge in [-0.25, -0.2) is 13.1 Å². The average Bonchev–Trinajstić information content (AvgIpc) is 3.57. The molecule has 246 valence electrons. The Labute approximate surface area is 275 Å². The van der Waals surface area contributed by atoms with Gasteiger partial charge in [0, 0.05) is 70.1 Å². The zero-order valence-electron chi connectivity index (χ0n) is 27.2. The predicted molar refractivity (Wildman–Crippen MR) is 182 cm³/mol. The maximum Gasteiger partial charge on any atom is 0.177 e. The van der Waals surface area contributed by atoms with Gasteiger partial charge in [-0.15, -0.1) is 5.10 Å².